The van der Waals surface area contributed by atoms with Crippen LogP contribution < -0.4 is 0 Å². The van der Waals surface area contributed by atoms with Gasteiger partial charge < -0.3 is 14.3 Å². The van der Waals surface area contributed by atoms with Gasteiger partial charge in [0.1, 0.15) is 5.60 Å². The molecule has 0 saturated heterocycles. The second-order valence-corrected chi connectivity index (χ2v) is 12.0. The smallest absolute Gasteiger partial charge is 0.362 e. The first-order valence-corrected chi connectivity index (χ1v) is 12.0. The van der Waals surface area contributed by atoms with Crippen molar-refractivity contribution in [2.45, 2.75) is 58.0 Å². The number of aliphatic hydroxyl groups is 1. The third-order valence-corrected chi connectivity index (χ3v) is 9.14. The van der Waals surface area contributed by atoms with Gasteiger partial charge in [0.05, 0.1) is 21.1 Å². The third kappa shape index (κ3) is 3.60. The summed E-state index contributed by atoms with van der Waals surface area (Å²) in [5.74, 6) is 0.386. The average molecular weight is 445 g/mol. The first kappa shape index (κ1) is 23.4. The topological polar surface area (TPSA) is 80.7 Å². The van der Waals surface area contributed by atoms with E-state index in [0.717, 1.165) is 32.1 Å². The number of likely N-dealkylation sites (N-methyl/N-ethyl adjacent to an activating group) is 1. The summed E-state index contributed by atoms with van der Waals surface area (Å²) in [6.45, 7) is 4.14. The van der Waals surface area contributed by atoms with E-state index in [9.17, 15) is 19.5 Å². The van der Waals surface area contributed by atoms with Crippen LogP contribution in [0.25, 0.3) is 0 Å². The Bertz CT molecular complexity index is 898. The Labute approximate surface area is 191 Å². The van der Waals surface area contributed by atoms with E-state index in [4.69, 9.17) is 4.74 Å². The summed E-state index contributed by atoms with van der Waals surface area (Å²) in [4.78, 5) is 37.2. The van der Waals surface area contributed by atoms with Gasteiger partial charge in [-0.3, -0.25) is 9.59 Å². The van der Waals surface area contributed by atoms with Crippen LogP contribution in [0.3, 0.4) is 0 Å². The summed E-state index contributed by atoms with van der Waals surface area (Å²) >= 11 is 0. The molecule has 3 saturated carbocycles. The van der Waals surface area contributed by atoms with Crippen molar-refractivity contribution >= 4 is 17.5 Å². The van der Waals surface area contributed by atoms with Gasteiger partial charge in [-0.25, -0.2) is 4.79 Å². The van der Waals surface area contributed by atoms with Crippen LogP contribution in [-0.2, 0) is 19.1 Å². The van der Waals surface area contributed by atoms with E-state index >= 15 is 0 Å². The molecule has 0 radical (unpaired) electrons. The molecule has 1 N–H and O–H groups in total. The zero-order chi connectivity index (χ0) is 23.5. The Hall–Kier alpha value is -1.79. The highest BCUT2D eigenvalue weighted by Crippen LogP contribution is 2.67. The number of allylic oxidation sites excluding steroid dienone is 4. The summed E-state index contributed by atoms with van der Waals surface area (Å²) in [7, 11) is 5.67. The number of carbonyl (C=O) groups excluding carboxylic acids is 3. The summed E-state index contributed by atoms with van der Waals surface area (Å²) < 4.78 is 5.70. The molecule has 0 amide bonds. The minimum absolute atomic E-state index is 0.0808. The van der Waals surface area contributed by atoms with Crippen LogP contribution in [0.2, 0.25) is 0 Å². The van der Waals surface area contributed by atoms with E-state index in [1.54, 1.807) is 6.08 Å². The lowest BCUT2D eigenvalue weighted by molar-refractivity contribution is -0.862. The minimum Gasteiger partial charge on any atom is -0.453 e. The lowest BCUT2D eigenvalue weighted by Crippen LogP contribution is -2.58. The molecule has 4 rings (SSSR count). The summed E-state index contributed by atoms with van der Waals surface area (Å²) in [6, 6.07) is 0. The molecule has 0 spiro atoms. The quantitative estimate of drug-likeness (QED) is 0.521. The monoisotopic (exact) mass is 444 g/mol. The van der Waals surface area contributed by atoms with Gasteiger partial charge in [0, 0.05) is 10.8 Å². The van der Waals surface area contributed by atoms with Crippen LogP contribution in [0.5, 0.6) is 0 Å². The van der Waals surface area contributed by atoms with Gasteiger partial charge in [0.2, 0.25) is 5.78 Å². The highest BCUT2D eigenvalue weighted by Gasteiger charge is 2.66. The molecule has 0 heterocycles. The predicted octanol–water partition coefficient (Wildman–Crippen LogP) is 2.84. The summed E-state index contributed by atoms with van der Waals surface area (Å²) in [5.41, 5.74) is -0.828. The maximum atomic E-state index is 13.2. The lowest BCUT2D eigenvalue weighted by Gasteiger charge is -2.57. The number of quaternary nitrogens is 1. The van der Waals surface area contributed by atoms with E-state index in [0.29, 0.717) is 22.7 Å². The van der Waals surface area contributed by atoms with Crippen molar-refractivity contribution in [3.05, 3.63) is 23.8 Å². The molecule has 0 aromatic carbocycles. The fourth-order valence-electron chi connectivity index (χ4n) is 7.37. The fourth-order valence-corrected chi connectivity index (χ4v) is 7.37. The minimum atomic E-state index is -1.45. The number of carbonyl (C=O) groups is 3. The van der Waals surface area contributed by atoms with Crippen molar-refractivity contribution in [1.82, 2.24) is 0 Å². The highest BCUT2D eigenvalue weighted by molar-refractivity contribution is 6.01. The second kappa shape index (κ2) is 7.63. The van der Waals surface area contributed by atoms with Gasteiger partial charge in [-0.2, -0.15) is 0 Å². The van der Waals surface area contributed by atoms with E-state index in [2.05, 4.69) is 19.9 Å². The number of nitrogens with zero attached hydrogens (tertiary/aromatic N) is 1. The third-order valence-electron chi connectivity index (χ3n) is 9.14. The maximum Gasteiger partial charge on any atom is 0.362 e. The van der Waals surface area contributed by atoms with Gasteiger partial charge in [-0.15, -0.1) is 0 Å². The Morgan fingerprint density at radius 3 is 2.50 bits per heavy atom. The van der Waals surface area contributed by atoms with Crippen LogP contribution >= 0.6 is 0 Å². The van der Waals surface area contributed by atoms with Crippen LogP contribution in [0.1, 0.15) is 52.4 Å². The predicted molar refractivity (Wildman–Crippen MR) is 120 cm³/mol. The van der Waals surface area contributed by atoms with E-state index in [1.807, 2.05) is 27.2 Å². The van der Waals surface area contributed by atoms with Crippen molar-refractivity contribution in [1.29, 1.82) is 0 Å². The fraction of sp³-hybridized carbons (Fsp3) is 0.731. The van der Waals surface area contributed by atoms with Crippen molar-refractivity contribution < 1.29 is 28.7 Å². The molecule has 3 fully saturated rings. The van der Waals surface area contributed by atoms with E-state index in [-0.39, 0.29) is 36.1 Å². The number of hydrogen-bond acceptors (Lipinski definition) is 5. The van der Waals surface area contributed by atoms with Gasteiger partial charge in [0.15, 0.2) is 18.9 Å². The molecule has 4 aliphatic carbocycles. The number of Topliss-reactive ketones (excluding diaryl/α,β-unsaturated/α-hetero) is 1. The first-order chi connectivity index (χ1) is 14.8. The second-order valence-electron chi connectivity index (χ2n) is 12.0. The SMILES string of the molecule is C[C@]12C=CC(=O)C=C1CC[C@@H]1[C@@H]2CC[C@@]2(C)[C@H]1CC[C@]2(O)C(=O)COC(=O)C[N+](C)(C)C. The average Bonchev–Trinajstić information content (AvgIpc) is 2.97. The summed E-state index contributed by atoms with van der Waals surface area (Å²) in [6.07, 6.45) is 10.4. The Kier molecular flexibility index (Phi) is 5.57. The molecule has 0 aromatic heterocycles. The van der Waals surface area contributed by atoms with Crippen LogP contribution in [0, 0.1) is 28.6 Å². The summed E-state index contributed by atoms with van der Waals surface area (Å²) in [5, 5.41) is 11.7. The highest BCUT2D eigenvalue weighted by atomic mass is 16.5. The van der Waals surface area contributed by atoms with Crippen molar-refractivity contribution in [3.8, 4) is 0 Å². The van der Waals surface area contributed by atoms with Crippen LogP contribution in [-0.4, -0.2) is 67.0 Å². The molecule has 6 nitrogen and oxygen atoms in total. The Balaban J connectivity index is 1.51. The van der Waals surface area contributed by atoms with E-state index in [1.165, 1.54) is 5.57 Å². The standard InChI is InChI=1S/C26H38NO5/c1-24-11-8-18(28)14-17(24)6-7-19-20(24)9-12-25(2)21(19)10-13-26(25,31)22(29)16-32-23(30)15-27(3,4)5/h8,11,14,19-21,31H,6-7,9-10,12-13,15-16H2,1-5H3/q+1/t19-,20+,21+,24+,25+,26+/m1/s1. The van der Waals surface area contributed by atoms with Gasteiger partial charge in [0.25, 0.3) is 0 Å². The Morgan fingerprint density at radius 1 is 1.12 bits per heavy atom. The molecule has 0 aromatic rings. The van der Waals surface area contributed by atoms with Gasteiger partial charge in [-0.05, 0) is 68.4 Å². The first-order valence-electron chi connectivity index (χ1n) is 12.0. The number of rotatable bonds is 5. The number of fused-ring (bicyclic) bond motifs is 5. The molecule has 176 valence electrons. The van der Waals surface area contributed by atoms with Gasteiger partial charge >= 0.3 is 5.97 Å². The molecular weight excluding hydrogens is 406 g/mol. The molecule has 0 unspecified atom stereocenters. The normalized spacial score (nSPS) is 40.8. The Morgan fingerprint density at radius 2 is 1.81 bits per heavy atom. The number of ketones is 2. The maximum absolute atomic E-state index is 13.2. The number of hydrogen-bond donors (Lipinski definition) is 1. The van der Waals surface area contributed by atoms with Crippen LogP contribution in [0.4, 0.5) is 0 Å². The number of esters is 1. The zero-order valence-electron chi connectivity index (χ0n) is 20.1. The molecule has 4 aliphatic rings. The number of ether oxygens (including phenoxy) is 1. The molecule has 0 bridgehead atoms. The van der Waals surface area contributed by atoms with E-state index < -0.39 is 17.0 Å². The zero-order valence-corrected chi connectivity index (χ0v) is 20.1. The van der Waals surface area contributed by atoms with Crippen molar-refractivity contribution in [3.63, 3.8) is 0 Å². The largest absolute Gasteiger partial charge is 0.453 e. The van der Waals surface area contributed by atoms with Gasteiger partial charge in [-0.1, -0.05) is 25.5 Å². The molecule has 6 atom stereocenters. The van der Waals surface area contributed by atoms with Crippen molar-refractivity contribution in [2.75, 3.05) is 34.3 Å². The molecular formula is C26H38NO5+. The lowest BCUT2D eigenvalue weighted by atomic mass is 9.47. The van der Waals surface area contributed by atoms with Crippen LogP contribution in [0.15, 0.2) is 23.8 Å². The molecule has 32 heavy (non-hydrogen) atoms. The van der Waals surface area contributed by atoms with Crippen molar-refractivity contribution in [2.24, 2.45) is 28.6 Å². The molecule has 6 heteroatoms. The molecule has 0 aliphatic heterocycles.